The molecule has 0 heterocycles. The highest BCUT2D eigenvalue weighted by Gasteiger charge is 2.40. The van der Waals surface area contributed by atoms with Gasteiger partial charge in [0.25, 0.3) is 0 Å². The summed E-state index contributed by atoms with van der Waals surface area (Å²) in [6, 6.07) is 7.96. The molecule has 3 heteroatoms. The fourth-order valence-corrected chi connectivity index (χ4v) is 2.13. The van der Waals surface area contributed by atoms with Crippen LogP contribution >= 0.6 is 0 Å². The summed E-state index contributed by atoms with van der Waals surface area (Å²) in [4.78, 5) is 11.5. The van der Waals surface area contributed by atoms with Crippen molar-refractivity contribution in [1.82, 2.24) is 0 Å². The van der Waals surface area contributed by atoms with Crippen molar-refractivity contribution in [3.63, 3.8) is 0 Å². The van der Waals surface area contributed by atoms with Crippen molar-refractivity contribution in [3.8, 4) is 0 Å². The number of carbonyl (C=O) groups excluding carboxylic acids is 1. The maximum atomic E-state index is 11.5. The van der Waals surface area contributed by atoms with E-state index in [1.165, 1.54) is 0 Å². The first kappa shape index (κ1) is 12.1. The Morgan fingerprint density at radius 3 is 2.47 bits per heavy atom. The molecule has 3 nitrogen and oxygen atoms in total. The van der Waals surface area contributed by atoms with Gasteiger partial charge in [0.2, 0.25) is 5.91 Å². The number of benzene rings is 1. The molecule has 1 saturated carbocycles. The van der Waals surface area contributed by atoms with Gasteiger partial charge in [0.05, 0.1) is 5.41 Å². The van der Waals surface area contributed by atoms with Gasteiger partial charge in [-0.05, 0) is 44.2 Å². The molecule has 4 N–H and O–H groups in total. The van der Waals surface area contributed by atoms with Crippen LogP contribution in [0, 0.1) is 0 Å². The van der Waals surface area contributed by atoms with Gasteiger partial charge in [-0.25, -0.2) is 0 Å². The molecule has 0 saturated heterocycles. The van der Waals surface area contributed by atoms with Crippen LogP contribution < -0.4 is 11.5 Å². The van der Waals surface area contributed by atoms with Crippen LogP contribution in [-0.2, 0) is 16.6 Å². The van der Waals surface area contributed by atoms with Crippen LogP contribution in [0.5, 0.6) is 0 Å². The Bertz CT molecular complexity index is 447. The zero-order chi connectivity index (χ0) is 12.7. The molecule has 1 amide bonds. The van der Waals surface area contributed by atoms with E-state index < -0.39 is 5.41 Å². The molecule has 0 atom stereocenters. The lowest BCUT2D eigenvalue weighted by molar-refractivity contribution is -0.122. The molecule has 0 unspecified atom stereocenters. The first-order chi connectivity index (χ1) is 7.85. The second-order valence-corrected chi connectivity index (χ2v) is 5.69. The van der Waals surface area contributed by atoms with Gasteiger partial charge in [0.1, 0.15) is 0 Å². The lowest BCUT2D eigenvalue weighted by Gasteiger charge is -2.25. The maximum absolute atomic E-state index is 11.5. The summed E-state index contributed by atoms with van der Waals surface area (Å²) < 4.78 is 0. The zero-order valence-corrected chi connectivity index (χ0v) is 10.5. The minimum atomic E-state index is -0.637. The average Bonchev–Trinajstić information content (AvgIpc) is 2.96. The molecule has 0 spiro atoms. The normalized spacial score (nSPS) is 17.8. The van der Waals surface area contributed by atoms with Crippen LogP contribution in [0.4, 0.5) is 0 Å². The summed E-state index contributed by atoms with van der Waals surface area (Å²) in [7, 11) is 0. The van der Waals surface area contributed by atoms with Crippen molar-refractivity contribution in [2.75, 3.05) is 0 Å². The first-order valence-corrected chi connectivity index (χ1v) is 6.02. The molecule has 2 rings (SSSR count). The minimum Gasteiger partial charge on any atom is -0.369 e. The molecule has 0 radical (unpaired) electrons. The van der Waals surface area contributed by atoms with Crippen LogP contribution in [0.3, 0.4) is 0 Å². The zero-order valence-electron chi connectivity index (χ0n) is 10.5. The van der Waals surface area contributed by atoms with Crippen LogP contribution in [0.25, 0.3) is 0 Å². The predicted octanol–water partition coefficient (Wildman–Crippen LogP) is 1.48. The van der Waals surface area contributed by atoms with Gasteiger partial charge in [-0.1, -0.05) is 24.3 Å². The van der Waals surface area contributed by atoms with Gasteiger partial charge >= 0.3 is 0 Å². The monoisotopic (exact) mass is 232 g/mol. The van der Waals surface area contributed by atoms with Crippen LogP contribution in [-0.4, -0.2) is 11.4 Å². The van der Waals surface area contributed by atoms with Crippen molar-refractivity contribution in [2.45, 2.75) is 44.1 Å². The van der Waals surface area contributed by atoms with E-state index in [-0.39, 0.29) is 11.4 Å². The predicted molar refractivity (Wildman–Crippen MR) is 68.5 cm³/mol. The highest BCUT2D eigenvalue weighted by atomic mass is 16.1. The molecular weight excluding hydrogens is 212 g/mol. The topological polar surface area (TPSA) is 69.1 Å². The third-order valence-corrected chi connectivity index (χ3v) is 3.74. The molecule has 1 fully saturated rings. The van der Waals surface area contributed by atoms with Gasteiger partial charge in [-0.2, -0.15) is 0 Å². The summed E-state index contributed by atoms with van der Waals surface area (Å²) in [6.45, 7) is 3.73. The van der Waals surface area contributed by atoms with E-state index in [0.717, 1.165) is 30.4 Å². The van der Waals surface area contributed by atoms with Gasteiger partial charge in [0.15, 0.2) is 0 Å². The number of rotatable bonds is 4. The molecule has 1 aliphatic carbocycles. The number of carbonyl (C=O) groups is 1. The second-order valence-electron chi connectivity index (χ2n) is 5.69. The first-order valence-electron chi connectivity index (χ1n) is 6.02. The number of amides is 1. The molecule has 1 aromatic rings. The fraction of sp³-hybridized carbons (Fsp3) is 0.500. The lowest BCUT2D eigenvalue weighted by Crippen LogP contribution is -2.37. The Hall–Kier alpha value is -1.35. The smallest absolute Gasteiger partial charge is 0.227 e. The van der Waals surface area contributed by atoms with Gasteiger partial charge in [0, 0.05) is 5.54 Å². The third-order valence-electron chi connectivity index (χ3n) is 3.74. The molecule has 0 bridgehead atoms. The Balaban J connectivity index is 2.36. The van der Waals surface area contributed by atoms with E-state index in [9.17, 15) is 4.79 Å². The average molecular weight is 232 g/mol. The van der Waals surface area contributed by atoms with Crippen molar-refractivity contribution < 1.29 is 4.79 Å². The molecule has 1 aliphatic rings. The van der Waals surface area contributed by atoms with Crippen molar-refractivity contribution in [2.24, 2.45) is 11.5 Å². The van der Waals surface area contributed by atoms with Crippen molar-refractivity contribution in [1.29, 1.82) is 0 Å². The maximum Gasteiger partial charge on any atom is 0.227 e. The Labute approximate surface area is 102 Å². The van der Waals surface area contributed by atoms with Gasteiger partial charge in [-0.3, -0.25) is 4.79 Å². The summed E-state index contributed by atoms with van der Waals surface area (Å²) in [5.74, 6) is -0.299. The number of hydrogen-bond acceptors (Lipinski definition) is 2. The molecule has 1 aromatic carbocycles. The van der Waals surface area contributed by atoms with Gasteiger partial charge < -0.3 is 11.5 Å². The Morgan fingerprint density at radius 2 is 1.94 bits per heavy atom. The van der Waals surface area contributed by atoms with Crippen LogP contribution in [0.1, 0.15) is 37.8 Å². The van der Waals surface area contributed by atoms with Gasteiger partial charge in [-0.15, -0.1) is 0 Å². The Kier molecular flexibility index (Phi) is 2.74. The summed E-state index contributed by atoms with van der Waals surface area (Å²) in [5.41, 5.74) is 13.1. The van der Waals surface area contributed by atoms with Crippen LogP contribution in [0.15, 0.2) is 24.3 Å². The molecule has 0 aromatic heterocycles. The Morgan fingerprint density at radius 1 is 1.35 bits per heavy atom. The standard InChI is InChI=1S/C14H20N2O/c1-13(2,12(15)17)11-6-4-3-5-10(11)9-14(16)7-8-14/h3-6H,7-9,16H2,1-2H3,(H2,15,17). The summed E-state index contributed by atoms with van der Waals surface area (Å²) in [6.07, 6.45) is 2.97. The SMILES string of the molecule is CC(C)(C(N)=O)c1ccccc1CC1(N)CC1. The van der Waals surface area contributed by atoms with E-state index in [1.54, 1.807) is 0 Å². The summed E-state index contributed by atoms with van der Waals surface area (Å²) >= 11 is 0. The van der Waals surface area contributed by atoms with E-state index in [1.807, 2.05) is 38.1 Å². The van der Waals surface area contributed by atoms with Crippen molar-refractivity contribution >= 4 is 5.91 Å². The minimum absolute atomic E-state index is 0.0518. The van der Waals surface area contributed by atoms with Crippen LogP contribution in [0.2, 0.25) is 0 Å². The number of nitrogens with two attached hydrogens (primary N) is 2. The highest BCUT2D eigenvalue weighted by molar-refractivity contribution is 5.86. The third kappa shape index (κ3) is 2.34. The van der Waals surface area contributed by atoms with Crippen molar-refractivity contribution in [3.05, 3.63) is 35.4 Å². The molecule has 17 heavy (non-hydrogen) atoms. The number of hydrogen-bond donors (Lipinski definition) is 2. The lowest BCUT2D eigenvalue weighted by atomic mass is 9.79. The fourth-order valence-electron chi connectivity index (χ4n) is 2.13. The van der Waals surface area contributed by atoms with E-state index >= 15 is 0 Å². The highest BCUT2D eigenvalue weighted by Crippen LogP contribution is 2.38. The molecule has 92 valence electrons. The van der Waals surface area contributed by atoms with E-state index in [4.69, 9.17) is 11.5 Å². The molecular formula is C14H20N2O. The quantitative estimate of drug-likeness (QED) is 0.825. The second kappa shape index (κ2) is 3.84. The largest absolute Gasteiger partial charge is 0.369 e. The summed E-state index contributed by atoms with van der Waals surface area (Å²) in [5, 5.41) is 0. The molecule has 0 aliphatic heterocycles. The van der Waals surface area contributed by atoms with E-state index in [2.05, 4.69) is 0 Å². The number of primary amides is 1. The van der Waals surface area contributed by atoms with E-state index in [0.29, 0.717) is 0 Å².